The summed E-state index contributed by atoms with van der Waals surface area (Å²) in [6.45, 7) is 5.44. The van der Waals surface area contributed by atoms with Crippen LogP contribution in [0, 0.1) is 0 Å². The highest BCUT2D eigenvalue weighted by atomic mass is 19.4. The van der Waals surface area contributed by atoms with Crippen LogP contribution in [0.15, 0.2) is 24.3 Å². The van der Waals surface area contributed by atoms with Gasteiger partial charge in [0.1, 0.15) is 5.75 Å². The summed E-state index contributed by atoms with van der Waals surface area (Å²) in [6, 6.07) is 5.63. The van der Waals surface area contributed by atoms with Crippen molar-refractivity contribution in [1.82, 2.24) is 20.0 Å². The maximum absolute atomic E-state index is 12.2. The zero-order valence-corrected chi connectivity index (χ0v) is 15.4. The van der Waals surface area contributed by atoms with Crippen LogP contribution in [0.25, 0.3) is 0 Å². The number of carbonyl (C=O) groups excluding carboxylic acids is 2. The minimum Gasteiger partial charge on any atom is -0.406 e. The van der Waals surface area contributed by atoms with Crippen molar-refractivity contribution in [3.8, 4) is 5.75 Å². The van der Waals surface area contributed by atoms with Crippen molar-refractivity contribution >= 4 is 11.9 Å². The molecule has 154 valence electrons. The smallest absolute Gasteiger partial charge is 0.406 e. The van der Waals surface area contributed by atoms with Crippen LogP contribution in [0.4, 0.5) is 18.0 Å². The molecule has 1 aromatic carbocycles. The molecule has 1 N–H and O–H groups in total. The van der Waals surface area contributed by atoms with E-state index in [0.29, 0.717) is 13.1 Å². The molecule has 1 aromatic rings. The van der Waals surface area contributed by atoms with Gasteiger partial charge in [-0.1, -0.05) is 12.1 Å². The fourth-order valence-corrected chi connectivity index (χ4v) is 3.36. The maximum atomic E-state index is 12.2. The summed E-state index contributed by atoms with van der Waals surface area (Å²) >= 11 is 0. The molecule has 2 fully saturated rings. The molecule has 2 heterocycles. The predicted molar refractivity (Wildman–Crippen MR) is 94.6 cm³/mol. The molecule has 0 aromatic heterocycles. The maximum Gasteiger partial charge on any atom is 0.573 e. The first-order valence-corrected chi connectivity index (χ1v) is 9.18. The van der Waals surface area contributed by atoms with Crippen LogP contribution in [0.2, 0.25) is 0 Å². The average molecular weight is 400 g/mol. The van der Waals surface area contributed by atoms with Gasteiger partial charge in [-0.3, -0.25) is 14.6 Å². The lowest BCUT2D eigenvalue weighted by molar-refractivity contribution is -0.274. The molecule has 0 unspecified atom stereocenters. The molecule has 0 spiro atoms. The zero-order chi connectivity index (χ0) is 20.1. The van der Waals surface area contributed by atoms with Crippen molar-refractivity contribution in [2.24, 2.45) is 0 Å². The Labute approximate surface area is 161 Å². The number of urea groups is 1. The van der Waals surface area contributed by atoms with Crippen LogP contribution in [0.1, 0.15) is 12.0 Å². The summed E-state index contributed by atoms with van der Waals surface area (Å²) in [5.74, 6) is -0.396. The highest BCUT2D eigenvalue weighted by molar-refractivity contribution is 6.01. The van der Waals surface area contributed by atoms with Gasteiger partial charge in [-0.05, 0) is 30.7 Å². The van der Waals surface area contributed by atoms with Crippen LogP contribution in [0.5, 0.6) is 5.75 Å². The van der Waals surface area contributed by atoms with Gasteiger partial charge in [0.2, 0.25) is 5.91 Å². The molecule has 3 rings (SSSR count). The normalized spacial score (nSPS) is 19.2. The van der Waals surface area contributed by atoms with Gasteiger partial charge in [-0.2, -0.15) is 0 Å². The van der Waals surface area contributed by atoms with E-state index in [1.54, 1.807) is 12.1 Å². The topological polar surface area (TPSA) is 65.1 Å². The summed E-state index contributed by atoms with van der Waals surface area (Å²) in [6.07, 6.45) is -3.94. The standard InChI is InChI=1S/C18H23F3N4O3/c19-18(20,21)28-15-4-2-14(3-5-15)13-24-10-8-23(9-11-24)6-1-7-25-16(26)12-22-17(25)27/h2-5H,1,6-13H2,(H,22,27). The number of amides is 3. The van der Waals surface area contributed by atoms with E-state index in [-0.39, 0.29) is 24.2 Å². The second-order valence-electron chi connectivity index (χ2n) is 6.87. The number of nitrogens with one attached hydrogen (secondary N) is 1. The Morgan fingerprint density at radius 1 is 0.964 bits per heavy atom. The summed E-state index contributed by atoms with van der Waals surface area (Å²) in [5, 5.41) is 2.50. The number of nitrogens with zero attached hydrogens (tertiary/aromatic N) is 3. The molecule has 2 aliphatic rings. The van der Waals surface area contributed by atoms with Gasteiger partial charge in [-0.25, -0.2) is 4.79 Å². The van der Waals surface area contributed by atoms with Crippen LogP contribution >= 0.6 is 0 Å². The molecule has 2 saturated heterocycles. The minimum atomic E-state index is -4.68. The summed E-state index contributed by atoms with van der Waals surface area (Å²) in [7, 11) is 0. The number of piperazine rings is 1. The molecule has 2 aliphatic heterocycles. The Kier molecular flexibility index (Phi) is 6.40. The molecule has 0 aliphatic carbocycles. The van der Waals surface area contributed by atoms with Gasteiger partial charge in [0.05, 0.1) is 6.54 Å². The highest BCUT2D eigenvalue weighted by Crippen LogP contribution is 2.23. The van der Waals surface area contributed by atoms with E-state index in [0.717, 1.165) is 44.7 Å². The fourth-order valence-electron chi connectivity index (χ4n) is 3.36. The van der Waals surface area contributed by atoms with Crippen LogP contribution < -0.4 is 10.1 Å². The largest absolute Gasteiger partial charge is 0.573 e. The van der Waals surface area contributed by atoms with E-state index >= 15 is 0 Å². The molecule has 0 saturated carbocycles. The van der Waals surface area contributed by atoms with Crippen molar-refractivity contribution < 1.29 is 27.5 Å². The molecular weight excluding hydrogens is 377 g/mol. The molecule has 0 bridgehead atoms. The molecule has 10 heteroatoms. The highest BCUT2D eigenvalue weighted by Gasteiger charge is 2.31. The van der Waals surface area contributed by atoms with E-state index < -0.39 is 6.36 Å². The van der Waals surface area contributed by atoms with Crippen LogP contribution in [-0.2, 0) is 11.3 Å². The summed E-state index contributed by atoms with van der Waals surface area (Å²) < 4.78 is 40.5. The van der Waals surface area contributed by atoms with E-state index in [4.69, 9.17) is 0 Å². The molecule has 7 nitrogen and oxygen atoms in total. The lowest BCUT2D eigenvalue weighted by Crippen LogP contribution is -2.46. The number of imide groups is 1. The Morgan fingerprint density at radius 2 is 1.61 bits per heavy atom. The van der Waals surface area contributed by atoms with E-state index in [2.05, 4.69) is 19.9 Å². The second-order valence-corrected chi connectivity index (χ2v) is 6.87. The van der Waals surface area contributed by atoms with E-state index in [9.17, 15) is 22.8 Å². The van der Waals surface area contributed by atoms with Crippen molar-refractivity contribution in [3.63, 3.8) is 0 Å². The number of hydrogen-bond donors (Lipinski definition) is 1. The van der Waals surface area contributed by atoms with Gasteiger partial charge in [-0.15, -0.1) is 13.2 Å². The molecule has 28 heavy (non-hydrogen) atoms. The van der Waals surface area contributed by atoms with Gasteiger partial charge in [0, 0.05) is 39.3 Å². The average Bonchev–Trinajstić information content (AvgIpc) is 2.95. The predicted octanol–water partition coefficient (Wildman–Crippen LogP) is 1.64. The second kappa shape index (κ2) is 8.78. The summed E-state index contributed by atoms with van der Waals surface area (Å²) in [4.78, 5) is 28.8. The molecule has 3 amide bonds. The van der Waals surface area contributed by atoms with Crippen molar-refractivity contribution in [2.45, 2.75) is 19.3 Å². The number of hydrogen-bond acceptors (Lipinski definition) is 5. The van der Waals surface area contributed by atoms with Crippen LogP contribution in [0.3, 0.4) is 0 Å². The summed E-state index contributed by atoms with van der Waals surface area (Å²) in [5.41, 5.74) is 0.932. The first kappa shape index (κ1) is 20.4. The lowest BCUT2D eigenvalue weighted by Gasteiger charge is -2.34. The third-order valence-corrected chi connectivity index (χ3v) is 4.82. The number of rotatable bonds is 7. The molecular formula is C18H23F3N4O3. The quantitative estimate of drug-likeness (QED) is 0.705. The Morgan fingerprint density at radius 3 is 2.18 bits per heavy atom. The zero-order valence-electron chi connectivity index (χ0n) is 15.4. The third-order valence-electron chi connectivity index (χ3n) is 4.82. The van der Waals surface area contributed by atoms with Crippen molar-refractivity contribution in [1.29, 1.82) is 0 Å². The minimum absolute atomic E-state index is 0.0841. The van der Waals surface area contributed by atoms with Crippen molar-refractivity contribution in [3.05, 3.63) is 29.8 Å². The first-order valence-electron chi connectivity index (χ1n) is 9.18. The first-order chi connectivity index (χ1) is 13.3. The Bertz CT molecular complexity index is 672. The van der Waals surface area contributed by atoms with Crippen LogP contribution in [-0.4, -0.2) is 78.8 Å². The van der Waals surface area contributed by atoms with Gasteiger partial charge >= 0.3 is 12.4 Å². The van der Waals surface area contributed by atoms with Gasteiger partial charge < -0.3 is 15.0 Å². The fraction of sp³-hybridized carbons (Fsp3) is 0.556. The van der Waals surface area contributed by atoms with Gasteiger partial charge in [0.15, 0.2) is 0 Å². The third kappa shape index (κ3) is 5.83. The number of alkyl halides is 3. The van der Waals surface area contributed by atoms with Gasteiger partial charge in [0.25, 0.3) is 0 Å². The monoisotopic (exact) mass is 400 g/mol. The van der Waals surface area contributed by atoms with Crippen molar-refractivity contribution in [2.75, 3.05) is 45.8 Å². The number of ether oxygens (including phenoxy) is 1. The Hall–Kier alpha value is -2.33. The lowest BCUT2D eigenvalue weighted by atomic mass is 10.2. The van der Waals surface area contributed by atoms with E-state index in [1.807, 2.05) is 0 Å². The number of carbonyl (C=O) groups is 2. The number of halogens is 3. The SMILES string of the molecule is O=C1CNC(=O)N1CCCN1CCN(Cc2ccc(OC(F)(F)F)cc2)CC1. The number of benzene rings is 1. The Balaban J connectivity index is 1.36. The molecule has 0 atom stereocenters. The van der Waals surface area contributed by atoms with E-state index in [1.165, 1.54) is 17.0 Å². The molecule has 0 radical (unpaired) electrons.